The molecule has 5 nitrogen and oxygen atoms in total. The number of ketones is 1. The molecule has 1 aromatic carbocycles. The number of benzene rings is 1. The monoisotopic (exact) mass is 405 g/mol. The Morgan fingerprint density at radius 2 is 2.00 bits per heavy atom. The predicted octanol–water partition coefficient (Wildman–Crippen LogP) is 4.77. The van der Waals surface area contributed by atoms with Crippen LogP contribution in [0.2, 0.25) is 0 Å². The number of carbonyl (C=O) groups is 1. The zero-order valence-corrected chi connectivity index (χ0v) is 15.8. The molecule has 1 aliphatic carbocycles. The first-order chi connectivity index (χ1) is 12.5. The summed E-state index contributed by atoms with van der Waals surface area (Å²) in [6, 6.07) is 11.0. The Labute approximate surface area is 164 Å². The molecule has 26 heavy (non-hydrogen) atoms. The predicted molar refractivity (Wildman–Crippen MR) is 101 cm³/mol. The van der Waals surface area contributed by atoms with Crippen LogP contribution in [0.1, 0.15) is 28.3 Å². The molecule has 0 saturated heterocycles. The Balaban J connectivity index is 1.36. The van der Waals surface area contributed by atoms with E-state index < -0.39 is 4.33 Å². The molecular weight excluding hydrogens is 393 g/mol. The number of rotatable bonds is 6. The molecule has 2 heterocycles. The lowest BCUT2D eigenvalue weighted by Crippen LogP contribution is -2.02. The van der Waals surface area contributed by atoms with E-state index in [-0.39, 0.29) is 17.5 Å². The van der Waals surface area contributed by atoms with E-state index in [1.165, 1.54) is 11.8 Å². The van der Waals surface area contributed by atoms with Gasteiger partial charge in [0.1, 0.15) is 4.33 Å². The minimum Gasteiger partial charge on any atom is -0.411 e. The second kappa shape index (κ2) is 7.02. The van der Waals surface area contributed by atoms with Crippen LogP contribution >= 0.6 is 35.0 Å². The lowest BCUT2D eigenvalue weighted by molar-refractivity contribution is 0.102. The molecule has 0 N–H and O–H groups in total. The van der Waals surface area contributed by atoms with E-state index in [9.17, 15) is 4.79 Å². The maximum Gasteiger partial charge on any atom is 0.277 e. The van der Waals surface area contributed by atoms with Gasteiger partial charge in [-0.25, -0.2) is 0 Å². The van der Waals surface area contributed by atoms with E-state index in [4.69, 9.17) is 27.6 Å². The smallest absolute Gasteiger partial charge is 0.277 e. The average Bonchev–Trinajstić information content (AvgIpc) is 3.07. The average molecular weight is 406 g/mol. The molecule has 1 aliphatic rings. The second-order valence-corrected chi connectivity index (χ2v) is 8.44. The summed E-state index contributed by atoms with van der Waals surface area (Å²) in [4.78, 5) is 16.4. The van der Waals surface area contributed by atoms with Gasteiger partial charge in [0.05, 0.1) is 11.3 Å². The third-order valence-electron chi connectivity index (χ3n) is 4.10. The van der Waals surface area contributed by atoms with E-state index in [0.717, 1.165) is 17.5 Å². The van der Waals surface area contributed by atoms with Crippen molar-refractivity contribution in [1.82, 2.24) is 15.2 Å². The summed E-state index contributed by atoms with van der Waals surface area (Å²) in [5.41, 5.74) is 2.42. The van der Waals surface area contributed by atoms with E-state index in [0.29, 0.717) is 16.7 Å². The SMILES string of the molecule is O=C(CSc1nnc(-c2cccnc2)o1)c1ccc([C@H]2CC2(Cl)Cl)cc1. The van der Waals surface area contributed by atoms with Gasteiger partial charge in [0.2, 0.25) is 5.89 Å². The lowest BCUT2D eigenvalue weighted by atomic mass is 10.1. The molecule has 1 saturated carbocycles. The third-order valence-corrected chi connectivity index (χ3v) is 5.76. The van der Waals surface area contributed by atoms with Crippen molar-refractivity contribution >= 4 is 40.7 Å². The van der Waals surface area contributed by atoms with Crippen LogP contribution in [0.5, 0.6) is 0 Å². The minimum atomic E-state index is -0.661. The number of thioether (sulfide) groups is 1. The summed E-state index contributed by atoms with van der Waals surface area (Å²) < 4.78 is 4.90. The van der Waals surface area contributed by atoms with Gasteiger partial charge in [0.25, 0.3) is 5.22 Å². The Hall–Kier alpha value is -1.89. The maximum absolute atomic E-state index is 12.3. The first-order valence-corrected chi connectivity index (χ1v) is 9.65. The highest BCUT2D eigenvalue weighted by Gasteiger charge is 2.52. The summed E-state index contributed by atoms with van der Waals surface area (Å²) in [5.74, 6) is 0.731. The van der Waals surface area contributed by atoms with Crippen molar-refractivity contribution in [2.75, 3.05) is 5.75 Å². The van der Waals surface area contributed by atoms with Gasteiger partial charge < -0.3 is 4.42 Å². The van der Waals surface area contributed by atoms with E-state index in [1.807, 2.05) is 18.2 Å². The van der Waals surface area contributed by atoms with Crippen LogP contribution < -0.4 is 0 Å². The molecule has 0 aliphatic heterocycles. The van der Waals surface area contributed by atoms with Gasteiger partial charge >= 0.3 is 0 Å². The van der Waals surface area contributed by atoms with Crippen molar-refractivity contribution in [3.8, 4) is 11.5 Å². The molecule has 8 heteroatoms. The van der Waals surface area contributed by atoms with Crippen molar-refractivity contribution in [3.05, 3.63) is 59.9 Å². The van der Waals surface area contributed by atoms with Crippen LogP contribution in [0.3, 0.4) is 0 Å². The van der Waals surface area contributed by atoms with Crippen molar-refractivity contribution in [2.45, 2.75) is 21.9 Å². The molecule has 0 bridgehead atoms. The zero-order valence-electron chi connectivity index (χ0n) is 13.4. The van der Waals surface area contributed by atoms with Gasteiger partial charge in [-0.3, -0.25) is 9.78 Å². The van der Waals surface area contributed by atoms with Crippen molar-refractivity contribution in [3.63, 3.8) is 0 Å². The molecule has 1 atom stereocenters. The van der Waals surface area contributed by atoms with Gasteiger partial charge in [-0.2, -0.15) is 0 Å². The van der Waals surface area contributed by atoms with Crippen LogP contribution in [0, 0.1) is 0 Å². The topological polar surface area (TPSA) is 68.9 Å². The van der Waals surface area contributed by atoms with Gasteiger partial charge in [-0.15, -0.1) is 33.4 Å². The summed E-state index contributed by atoms with van der Waals surface area (Å²) in [6.45, 7) is 0. The Bertz CT molecular complexity index is 929. The third kappa shape index (κ3) is 3.77. The number of nitrogens with zero attached hydrogens (tertiary/aromatic N) is 3. The van der Waals surface area contributed by atoms with Gasteiger partial charge in [0.15, 0.2) is 5.78 Å². The highest BCUT2D eigenvalue weighted by atomic mass is 35.5. The molecule has 0 radical (unpaired) electrons. The van der Waals surface area contributed by atoms with E-state index >= 15 is 0 Å². The Kier molecular flexibility index (Phi) is 4.73. The number of hydrogen-bond donors (Lipinski definition) is 0. The van der Waals surface area contributed by atoms with E-state index in [1.54, 1.807) is 30.6 Å². The first kappa shape index (κ1) is 17.5. The highest BCUT2D eigenvalue weighted by molar-refractivity contribution is 7.99. The summed E-state index contributed by atoms with van der Waals surface area (Å²) in [5, 5.41) is 8.28. The first-order valence-electron chi connectivity index (χ1n) is 7.90. The molecule has 132 valence electrons. The number of Topliss-reactive ketones (excluding diaryl/α,β-unsaturated/α-hetero) is 1. The molecule has 0 unspecified atom stereocenters. The zero-order chi connectivity index (χ0) is 18.1. The van der Waals surface area contributed by atoms with Crippen molar-refractivity contribution < 1.29 is 9.21 Å². The molecule has 0 amide bonds. The summed E-state index contributed by atoms with van der Waals surface area (Å²) in [7, 11) is 0. The quantitative estimate of drug-likeness (QED) is 0.334. The molecule has 2 aromatic heterocycles. The number of carbonyl (C=O) groups excluding carboxylic acids is 1. The molecule has 0 spiro atoms. The van der Waals surface area contributed by atoms with E-state index in [2.05, 4.69) is 15.2 Å². The summed E-state index contributed by atoms with van der Waals surface area (Å²) in [6.07, 6.45) is 4.06. The van der Waals surface area contributed by atoms with Gasteiger partial charge in [-0.05, 0) is 24.1 Å². The fourth-order valence-electron chi connectivity index (χ4n) is 2.56. The lowest BCUT2D eigenvalue weighted by Gasteiger charge is -2.03. The van der Waals surface area contributed by atoms with Crippen LogP contribution in [0.4, 0.5) is 0 Å². The normalized spacial score (nSPS) is 17.8. The Morgan fingerprint density at radius 1 is 1.23 bits per heavy atom. The van der Waals surface area contributed by atoms with Crippen LogP contribution in [0.25, 0.3) is 11.5 Å². The fraction of sp³-hybridized carbons (Fsp3) is 0.222. The number of pyridine rings is 1. The number of alkyl halides is 2. The summed E-state index contributed by atoms with van der Waals surface area (Å²) >= 11 is 13.4. The number of hydrogen-bond acceptors (Lipinski definition) is 6. The van der Waals surface area contributed by atoms with Gasteiger partial charge in [-0.1, -0.05) is 36.0 Å². The molecule has 3 aromatic rings. The minimum absolute atomic E-state index is 0.0125. The Morgan fingerprint density at radius 3 is 2.65 bits per heavy atom. The van der Waals surface area contributed by atoms with Crippen LogP contribution in [0.15, 0.2) is 58.4 Å². The largest absolute Gasteiger partial charge is 0.411 e. The fourth-order valence-corrected chi connectivity index (χ4v) is 3.78. The maximum atomic E-state index is 12.3. The van der Waals surface area contributed by atoms with Crippen molar-refractivity contribution in [2.24, 2.45) is 0 Å². The molecule has 4 rings (SSSR count). The number of halogens is 2. The molecule has 1 fully saturated rings. The molecular formula is C18H13Cl2N3O2S. The van der Waals surface area contributed by atoms with Crippen molar-refractivity contribution in [1.29, 1.82) is 0 Å². The van der Waals surface area contributed by atoms with Gasteiger partial charge in [0, 0.05) is 23.9 Å². The number of aromatic nitrogens is 3. The van der Waals surface area contributed by atoms with Crippen LogP contribution in [-0.2, 0) is 0 Å². The standard InChI is InChI=1S/C18H13Cl2N3O2S/c19-18(20)8-14(18)11-3-5-12(6-4-11)15(24)10-26-17-23-22-16(25-17)13-2-1-7-21-9-13/h1-7,9,14H,8,10H2/t14-/m1/s1. The highest BCUT2D eigenvalue weighted by Crippen LogP contribution is 2.59. The second-order valence-electron chi connectivity index (χ2n) is 5.97. The van der Waals surface area contributed by atoms with Crippen LogP contribution in [-0.4, -0.2) is 31.1 Å².